The maximum Gasteiger partial charge on any atom is 0.306 e. The molecule has 0 bridgehead atoms. The highest BCUT2D eigenvalue weighted by molar-refractivity contribution is 5.86. The number of carbonyl (C=O) groups excluding carboxylic acids is 1. The number of aliphatic carboxylic acids is 1. The molecule has 2 atom stereocenters. The third-order valence-corrected chi connectivity index (χ3v) is 4.35. The van der Waals surface area contributed by atoms with Crippen LogP contribution in [0.3, 0.4) is 0 Å². The average molecular weight is 302 g/mol. The second-order valence-corrected chi connectivity index (χ2v) is 5.85. The summed E-state index contributed by atoms with van der Waals surface area (Å²) in [5.41, 5.74) is 1.30. The van der Waals surface area contributed by atoms with Crippen molar-refractivity contribution in [3.8, 4) is 0 Å². The Bertz CT molecular complexity index is 709. The standard InChI is InChI=1S/C16H18N2O4/c1-10-9-18(7-6-11(10)16(20)21)15(19)8-13-12-4-2-3-5-14(12)22-17-13/h2-5,10-11H,6-9H2,1H3,(H,20,21). The molecule has 22 heavy (non-hydrogen) atoms. The Morgan fingerprint density at radius 2 is 2.18 bits per heavy atom. The van der Waals surface area contributed by atoms with E-state index in [-0.39, 0.29) is 24.2 Å². The molecule has 2 heterocycles. The molecule has 2 unspecified atom stereocenters. The van der Waals surface area contributed by atoms with E-state index in [0.29, 0.717) is 30.8 Å². The molecule has 1 fully saturated rings. The number of benzene rings is 1. The van der Waals surface area contributed by atoms with Crippen molar-refractivity contribution in [1.29, 1.82) is 0 Å². The van der Waals surface area contributed by atoms with Crippen LogP contribution in [-0.4, -0.2) is 40.1 Å². The maximum absolute atomic E-state index is 12.4. The molecule has 1 saturated heterocycles. The van der Waals surface area contributed by atoms with Gasteiger partial charge in [-0.15, -0.1) is 0 Å². The Morgan fingerprint density at radius 1 is 1.41 bits per heavy atom. The van der Waals surface area contributed by atoms with Crippen LogP contribution in [0.1, 0.15) is 19.0 Å². The molecule has 0 saturated carbocycles. The summed E-state index contributed by atoms with van der Waals surface area (Å²) in [4.78, 5) is 25.3. The lowest BCUT2D eigenvalue weighted by atomic mass is 9.87. The largest absolute Gasteiger partial charge is 0.481 e. The highest BCUT2D eigenvalue weighted by Gasteiger charge is 2.33. The second kappa shape index (κ2) is 5.79. The molecule has 1 N–H and O–H groups in total. The molecule has 1 aromatic heterocycles. The number of hydrogen-bond acceptors (Lipinski definition) is 4. The minimum absolute atomic E-state index is 0.0326. The monoisotopic (exact) mass is 302 g/mol. The molecular formula is C16H18N2O4. The summed E-state index contributed by atoms with van der Waals surface area (Å²) in [7, 11) is 0. The van der Waals surface area contributed by atoms with E-state index in [0.717, 1.165) is 5.39 Å². The van der Waals surface area contributed by atoms with Gasteiger partial charge in [0.15, 0.2) is 5.58 Å². The molecular weight excluding hydrogens is 284 g/mol. The average Bonchev–Trinajstić information content (AvgIpc) is 2.90. The summed E-state index contributed by atoms with van der Waals surface area (Å²) in [5.74, 6) is -1.21. The van der Waals surface area contributed by atoms with Gasteiger partial charge in [-0.2, -0.15) is 0 Å². The summed E-state index contributed by atoms with van der Waals surface area (Å²) in [5, 5.41) is 14.0. The smallest absolute Gasteiger partial charge is 0.306 e. The summed E-state index contributed by atoms with van der Waals surface area (Å²) in [6.07, 6.45) is 0.684. The van der Waals surface area contributed by atoms with Gasteiger partial charge in [0.2, 0.25) is 5.91 Å². The van der Waals surface area contributed by atoms with Crippen molar-refractivity contribution in [3.05, 3.63) is 30.0 Å². The Labute approximate surface area is 127 Å². The number of fused-ring (bicyclic) bond motifs is 1. The lowest BCUT2D eigenvalue weighted by Gasteiger charge is -2.34. The van der Waals surface area contributed by atoms with Gasteiger partial charge in [0.1, 0.15) is 5.69 Å². The zero-order chi connectivity index (χ0) is 15.7. The minimum atomic E-state index is -0.776. The Kier molecular flexibility index (Phi) is 3.83. The van der Waals surface area contributed by atoms with Crippen molar-refractivity contribution in [2.24, 2.45) is 11.8 Å². The number of piperidine rings is 1. The van der Waals surface area contributed by atoms with Crippen molar-refractivity contribution in [2.45, 2.75) is 19.8 Å². The van der Waals surface area contributed by atoms with E-state index in [9.17, 15) is 9.59 Å². The topological polar surface area (TPSA) is 83.6 Å². The van der Waals surface area contributed by atoms with Crippen molar-refractivity contribution < 1.29 is 19.2 Å². The SMILES string of the molecule is CC1CN(C(=O)Cc2noc3ccccc23)CCC1C(=O)O. The predicted octanol–water partition coefficient (Wildman–Crippen LogP) is 1.94. The zero-order valence-electron chi connectivity index (χ0n) is 12.4. The molecule has 1 aromatic carbocycles. The van der Waals surface area contributed by atoms with E-state index >= 15 is 0 Å². The summed E-state index contributed by atoms with van der Waals surface area (Å²) < 4.78 is 5.21. The van der Waals surface area contributed by atoms with E-state index in [1.807, 2.05) is 31.2 Å². The molecule has 116 valence electrons. The summed E-state index contributed by atoms with van der Waals surface area (Å²) >= 11 is 0. The van der Waals surface area contributed by atoms with Crippen LogP contribution in [0.15, 0.2) is 28.8 Å². The van der Waals surface area contributed by atoms with Crippen LogP contribution in [0.4, 0.5) is 0 Å². The number of carbonyl (C=O) groups is 2. The van der Waals surface area contributed by atoms with Gasteiger partial charge in [-0.3, -0.25) is 9.59 Å². The zero-order valence-corrected chi connectivity index (χ0v) is 12.4. The van der Waals surface area contributed by atoms with Crippen LogP contribution >= 0.6 is 0 Å². The number of nitrogens with zero attached hydrogens (tertiary/aromatic N) is 2. The fraction of sp³-hybridized carbons (Fsp3) is 0.438. The van der Waals surface area contributed by atoms with Gasteiger partial charge < -0.3 is 14.5 Å². The number of hydrogen-bond donors (Lipinski definition) is 1. The first-order valence-electron chi connectivity index (χ1n) is 7.40. The molecule has 0 radical (unpaired) electrons. The first kappa shape index (κ1) is 14.6. The second-order valence-electron chi connectivity index (χ2n) is 5.85. The lowest BCUT2D eigenvalue weighted by molar-refractivity contribution is -0.148. The van der Waals surface area contributed by atoms with E-state index in [1.165, 1.54) is 0 Å². The predicted molar refractivity (Wildman–Crippen MR) is 79.2 cm³/mol. The third-order valence-electron chi connectivity index (χ3n) is 4.35. The fourth-order valence-corrected chi connectivity index (χ4v) is 3.06. The molecule has 6 heteroatoms. The number of likely N-dealkylation sites (tertiary alicyclic amines) is 1. The number of para-hydroxylation sites is 1. The van der Waals surface area contributed by atoms with Crippen LogP contribution in [0.5, 0.6) is 0 Å². The first-order chi connectivity index (χ1) is 10.6. The van der Waals surface area contributed by atoms with E-state index in [1.54, 1.807) is 4.90 Å². The Balaban J connectivity index is 1.69. The van der Waals surface area contributed by atoms with Crippen molar-refractivity contribution in [1.82, 2.24) is 10.1 Å². The highest BCUT2D eigenvalue weighted by Crippen LogP contribution is 2.25. The first-order valence-corrected chi connectivity index (χ1v) is 7.40. The van der Waals surface area contributed by atoms with Gasteiger partial charge >= 0.3 is 5.97 Å². The van der Waals surface area contributed by atoms with Gasteiger partial charge in [-0.25, -0.2) is 0 Å². The van der Waals surface area contributed by atoms with Crippen LogP contribution in [0, 0.1) is 11.8 Å². The number of carboxylic acid groups (broad SMARTS) is 1. The van der Waals surface area contributed by atoms with Gasteiger partial charge in [-0.1, -0.05) is 24.2 Å². The molecule has 6 nitrogen and oxygen atoms in total. The summed E-state index contributed by atoms with van der Waals surface area (Å²) in [6.45, 7) is 2.84. The van der Waals surface area contributed by atoms with Crippen LogP contribution in [0.25, 0.3) is 11.0 Å². The van der Waals surface area contributed by atoms with Gasteiger partial charge in [-0.05, 0) is 24.5 Å². The molecule has 2 aromatic rings. The molecule has 0 spiro atoms. The van der Waals surface area contributed by atoms with E-state index in [4.69, 9.17) is 9.63 Å². The van der Waals surface area contributed by atoms with Gasteiger partial charge in [0.05, 0.1) is 12.3 Å². The van der Waals surface area contributed by atoms with Gasteiger partial charge in [0.25, 0.3) is 0 Å². The van der Waals surface area contributed by atoms with Crippen molar-refractivity contribution in [3.63, 3.8) is 0 Å². The third kappa shape index (κ3) is 2.68. The molecule has 1 amide bonds. The van der Waals surface area contributed by atoms with Crippen molar-refractivity contribution in [2.75, 3.05) is 13.1 Å². The van der Waals surface area contributed by atoms with Crippen LogP contribution in [-0.2, 0) is 16.0 Å². The fourth-order valence-electron chi connectivity index (χ4n) is 3.06. The number of amides is 1. The summed E-state index contributed by atoms with van der Waals surface area (Å²) in [6, 6.07) is 7.44. The number of rotatable bonds is 3. The van der Waals surface area contributed by atoms with Gasteiger partial charge in [0, 0.05) is 18.5 Å². The van der Waals surface area contributed by atoms with Crippen LogP contribution in [0.2, 0.25) is 0 Å². The maximum atomic E-state index is 12.4. The lowest BCUT2D eigenvalue weighted by Crippen LogP contribution is -2.45. The minimum Gasteiger partial charge on any atom is -0.481 e. The molecule has 0 aliphatic carbocycles. The quantitative estimate of drug-likeness (QED) is 0.936. The molecule has 1 aliphatic heterocycles. The Hall–Kier alpha value is -2.37. The van der Waals surface area contributed by atoms with E-state index < -0.39 is 5.97 Å². The normalized spacial score (nSPS) is 22.0. The van der Waals surface area contributed by atoms with Crippen LogP contribution < -0.4 is 0 Å². The number of aromatic nitrogens is 1. The molecule has 1 aliphatic rings. The number of carboxylic acids is 1. The van der Waals surface area contributed by atoms with Crippen molar-refractivity contribution >= 4 is 22.8 Å². The Morgan fingerprint density at radius 3 is 2.91 bits per heavy atom. The molecule has 3 rings (SSSR count). The highest BCUT2D eigenvalue weighted by atomic mass is 16.5. The van der Waals surface area contributed by atoms with E-state index in [2.05, 4.69) is 5.16 Å².